The molecule has 1 saturated carbocycles. The van der Waals surface area contributed by atoms with Gasteiger partial charge < -0.3 is 20.1 Å². The van der Waals surface area contributed by atoms with Crippen molar-refractivity contribution in [2.45, 2.75) is 56.1 Å². The van der Waals surface area contributed by atoms with Crippen molar-refractivity contribution in [2.75, 3.05) is 6.61 Å². The molecule has 1 unspecified atom stereocenters. The number of ether oxygens (including phenoxy) is 1. The molecule has 0 bridgehead atoms. The van der Waals surface area contributed by atoms with E-state index in [4.69, 9.17) is 21.4 Å². The standard InChI is InChI=1S/C27H33ClO5/c28-24-17-26(30)23(22(24)13-6-1-2-7-14-27(31)32)18-33-21-12-8-11-20(16-21)25(29)15-19-9-4-3-5-10-19/h1,3-6,8-12,16,22-26,29-30H,2,7,13-15,17-18H2,(H,31,32)/t22-,23-,24-,25?,26-/m1/s1. The number of halogens is 1. The lowest BCUT2D eigenvalue weighted by atomic mass is 9.92. The Hall–Kier alpha value is -2.34. The quantitative estimate of drug-likeness (QED) is 0.226. The molecule has 0 heterocycles. The van der Waals surface area contributed by atoms with Gasteiger partial charge in [-0.25, -0.2) is 0 Å². The molecule has 2 aromatic carbocycles. The fourth-order valence-corrected chi connectivity index (χ4v) is 4.86. The first kappa shape index (κ1) is 25.3. The first-order valence-corrected chi connectivity index (χ1v) is 12.0. The molecule has 1 fully saturated rings. The van der Waals surface area contributed by atoms with Gasteiger partial charge in [0.1, 0.15) is 5.75 Å². The van der Waals surface area contributed by atoms with Crippen LogP contribution in [0.15, 0.2) is 66.7 Å². The molecule has 3 N–H and O–H groups in total. The van der Waals surface area contributed by atoms with Crippen LogP contribution < -0.4 is 4.74 Å². The first-order chi connectivity index (χ1) is 15.9. The Labute approximate surface area is 200 Å². The highest BCUT2D eigenvalue weighted by molar-refractivity contribution is 6.21. The summed E-state index contributed by atoms with van der Waals surface area (Å²) in [6.07, 6.45) is 6.16. The van der Waals surface area contributed by atoms with Gasteiger partial charge >= 0.3 is 5.97 Å². The summed E-state index contributed by atoms with van der Waals surface area (Å²) in [7, 11) is 0. The molecule has 1 aliphatic carbocycles. The Bertz CT molecular complexity index is 900. The number of aliphatic hydroxyl groups excluding tert-OH is 2. The van der Waals surface area contributed by atoms with Crippen LogP contribution in [0.4, 0.5) is 0 Å². The van der Waals surface area contributed by atoms with Crippen LogP contribution >= 0.6 is 11.6 Å². The minimum Gasteiger partial charge on any atom is -0.493 e. The average Bonchev–Trinajstić information content (AvgIpc) is 3.07. The summed E-state index contributed by atoms with van der Waals surface area (Å²) in [5, 5.41) is 29.7. The number of hydrogen-bond acceptors (Lipinski definition) is 4. The molecule has 6 heteroatoms. The Morgan fingerprint density at radius 3 is 2.67 bits per heavy atom. The van der Waals surface area contributed by atoms with Gasteiger partial charge in [-0.05, 0) is 54.9 Å². The van der Waals surface area contributed by atoms with Crippen molar-refractivity contribution >= 4 is 17.6 Å². The molecular weight excluding hydrogens is 440 g/mol. The third kappa shape index (κ3) is 7.88. The lowest BCUT2D eigenvalue weighted by molar-refractivity contribution is -0.137. The highest BCUT2D eigenvalue weighted by atomic mass is 35.5. The van der Waals surface area contributed by atoms with Crippen molar-refractivity contribution < 1.29 is 24.9 Å². The Morgan fingerprint density at radius 2 is 1.91 bits per heavy atom. The van der Waals surface area contributed by atoms with Crippen LogP contribution in [0, 0.1) is 11.8 Å². The summed E-state index contributed by atoms with van der Waals surface area (Å²) in [4.78, 5) is 10.6. The van der Waals surface area contributed by atoms with Gasteiger partial charge in [0.25, 0.3) is 0 Å². The van der Waals surface area contributed by atoms with Crippen molar-refractivity contribution in [1.82, 2.24) is 0 Å². The van der Waals surface area contributed by atoms with Gasteiger partial charge in [-0.15, -0.1) is 11.6 Å². The van der Waals surface area contributed by atoms with E-state index in [1.54, 1.807) is 0 Å². The van der Waals surface area contributed by atoms with Crippen molar-refractivity contribution in [3.63, 3.8) is 0 Å². The maximum atomic E-state index is 10.6. The maximum Gasteiger partial charge on any atom is 0.303 e. The molecule has 0 aliphatic heterocycles. The van der Waals surface area contributed by atoms with E-state index in [9.17, 15) is 15.0 Å². The Kier molecular flexibility index (Phi) is 9.79. The molecule has 0 amide bonds. The second kappa shape index (κ2) is 12.8. The van der Waals surface area contributed by atoms with Crippen molar-refractivity contribution in [2.24, 2.45) is 11.8 Å². The van der Waals surface area contributed by atoms with E-state index in [-0.39, 0.29) is 23.6 Å². The molecule has 0 radical (unpaired) electrons. The zero-order chi connectivity index (χ0) is 23.6. The van der Waals surface area contributed by atoms with E-state index >= 15 is 0 Å². The fourth-order valence-electron chi connectivity index (χ4n) is 4.39. The molecular formula is C27H33ClO5. The van der Waals surface area contributed by atoms with Crippen LogP contribution in [0.2, 0.25) is 0 Å². The summed E-state index contributed by atoms with van der Waals surface area (Å²) >= 11 is 6.51. The predicted octanol–water partition coefficient (Wildman–Crippen LogP) is 5.15. The number of rotatable bonds is 12. The summed E-state index contributed by atoms with van der Waals surface area (Å²) in [6.45, 7) is 0.347. The second-order valence-corrected chi connectivity index (χ2v) is 9.29. The Morgan fingerprint density at radius 1 is 1.12 bits per heavy atom. The van der Waals surface area contributed by atoms with E-state index in [1.165, 1.54) is 0 Å². The number of aliphatic hydroxyl groups is 2. The molecule has 1 aliphatic rings. The van der Waals surface area contributed by atoms with Gasteiger partial charge in [0.15, 0.2) is 0 Å². The topological polar surface area (TPSA) is 87.0 Å². The van der Waals surface area contributed by atoms with Crippen molar-refractivity contribution in [3.8, 4) is 5.75 Å². The van der Waals surface area contributed by atoms with Gasteiger partial charge in [0.2, 0.25) is 0 Å². The number of carboxylic acid groups (broad SMARTS) is 1. The number of unbranched alkanes of at least 4 members (excludes halogenated alkanes) is 1. The number of alkyl halides is 1. The third-order valence-electron chi connectivity index (χ3n) is 6.27. The predicted molar refractivity (Wildman–Crippen MR) is 130 cm³/mol. The normalized spacial score (nSPS) is 23.6. The number of carbonyl (C=O) groups is 1. The van der Waals surface area contributed by atoms with E-state index in [0.29, 0.717) is 38.0 Å². The van der Waals surface area contributed by atoms with E-state index in [0.717, 1.165) is 17.5 Å². The van der Waals surface area contributed by atoms with Crippen LogP contribution in [0.1, 0.15) is 49.3 Å². The van der Waals surface area contributed by atoms with Crippen molar-refractivity contribution in [1.29, 1.82) is 0 Å². The van der Waals surface area contributed by atoms with Crippen molar-refractivity contribution in [3.05, 3.63) is 77.9 Å². The molecule has 5 atom stereocenters. The van der Waals surface area contributed by atoms with Gasteiger partial charge in [-0.2, -0.15) is 0 Å². The highest BCUT2D eigenvalue weighted by Gasteiger charge is 2.41. The molecule has 0 aromatic heterocycles. The number of carboxylic acids is 1. The lowest BCUT2D eigenvalue weighted by Crippen LogP contribution is -2.27. The minimum atomic E-state index is -0.781. The summed E-state index contributed by atoms with van der Waals surface area (Å²) < 4.78 is 6.03. The fraction of sp³-hybridized carbons (Fsp3) is 0.444. The van der Waals surface area contributed by atoms with Gasteiger partial charge in [0, 0.05) is 24.1 Å². The second-order valence-electron chi connectivity index (χ2n) is 8.73. The van der Waals surface area contributed by atoms with Crippen LogP contribution in [-0.2, 0) is 11.2 Å². The largest absolute Gasteiger partial charge is 0.493 e. The van der Waals surface area contributed by atoms with Gasteiger partial charge in [-0.1, -0.05) is 54.6 Å². The summed E-state index contributed by atoms with van der Waals surface area (Å²) in [5.41, 5.74) is 1.86. The third-order valence-corrected chi connectivity index (χ3v) is 6.77. The molecule has 0 saturated heterocycles. The first-order valence-electron chi connectivity index (χ1n) is 11.6. The molecule has 2 aromatic rings. The average molecular weight is 473 g/mol. The molecule has 3 rings (SSSR count). The lowest BCUT2D eigenvalue weighted by Gasteiger charge is -2.23. The smallest absolute Gasteiger partial charge is 0.303 e. The van der Waals surface area contributed by atoms with Crippen LogP contribution in [-0.4, -0.2) is 39.4 Å². The van der Waals surface area contributed by atoms with E-state index < -0.39 is 18.2 Å². The van der Waals surface area contributed by atoms with Gasteiger partial charge in [-0.3, -0.25) is 4.79 Å². The Balaban J connectivity index is 1.54. The highest BCUT2D eigenvalue weighted by Crippen LogP contribution is 2.39. The monoisotopic (exact) mass is 472 g/mol. The molecule has 178 valence electrons. The van der Waals surface area contributed by atoms with Crippen LogP contribution in [0.3, 0.4) is 0 Å². The maximum absolute atomic E-state index is 10.6. The SMILES string of the molecule is O=C(O)CCCC=CC[C@@H]1[C@@H](COc2cccc(C(O)Cc3ccccc3)c2)[C@H](O)C[C@H]1Cl. The van der Waals surface area contributed by atoms with E-state index in [2.05, 4.69) is 0 Å². The zero-order valence-electron chi connectivity index (χ0n) is 18.7. The molecule has 0 spiro atoms. The zero-order valence-corrected chi connectivity index (χ0v) is 19.5. The van der Waals surface area contributed by atoms with Gasteiger partial charge in [0.05, 0.1) is 18.8 Å². The summed E-state index contributed by atoms with van der Waals surface area (Å²) in [5.74, 6) is -0.122. The molecule has 5 nitrogen and oxygen atoms in total. The number of allylic oxidation sites excluding steroid dienone is 2. The van der Waals surface area contributed by atoms with Crippen LogP contribution in [0.25, 0.3) is 0 Å². The number of hydrogen-bond donors (Lipinski definition) is 3. The molecule has 33 heavy (non-hydrogen) atoms. The van der Waals surface area contributed by atoms with Crippen LogP contribution in [0.5, 0.6) is 5.75 Å². The summed E-state index contributed by atoms with van der Waals surface area (Å²) in [6, 6.07) is 17.3. The number of benzene rings is 2. The minimum absolute atomic E-state index is 0.0873. The van der Waals surface area contributed by atoms with E-state index in [1.807, 2.05) is 66.7 Å². The number of aliphatic carboxylic acids is 1.